The summed E-state index contributed by atoms with van der Waals surface area (Å²) >= 11 is 0. The zero-order chi connectivity index (χ0) is 14.0. The van der Waals surface area contributed by atoms with E-state index in [9.17, 15) is 4.79 Å². The number of carbonyl (C=O) groups excluding carboxylic acids is 1. The Balaban J connectivity index is 2.31. The molecule has 1 aromatic rings. The molecule has 106 valence electrons. The number of ether oxygens (including phenoxy) is 1. The molecule has 0 radical (unpaired) electrons. The average molecular weight is 266 g/mol. The van der Waals surface area contributed by atoms with Crippen molar-refractivity contribution in [3.8, 4) is 0 Å². The van der Waals surface area contributed by atoms with Crippen LogP contribution in [0.15, 0.2) is 6.20 Å². The number of nitrogens with zero attached hydrogens (tertiary/aromatic N) is 3. The summed E-state index contributed by atoms with van der Waals surface area (Å²) in [5.41, 5.74) is 8.02. The Bertz CT molecular complexity index is 457. The maximum atomic E-state index is 12.1. The van der Waals surface area contributed by atoms with E-state index in [0.717, 1.165) is 11.3 Å². The fourth-order valence-electron chi connectivity index (χ4n) is 2.76. The highest BCUT2D eigenvalue weighted by molar-refractivity contribution is 5.79. The normalized spacial score (nSPS) is 23.4. The highest BCUT2D eigenvalue weighted by atomic mass is 16.5. The van der Waals surface area contributed by atoms with Crippen LogP contribution in [0.1, 0.15) is 23.7 Å². The van der Waals surface area contributed by atoms with Crippen LogP contribution in [0.2, 0.25) is 0 Å². The molecule has 1 amide bonds. The number of likely N-dealkylation sites (tertiary alicyclic amines) is 1. The molecule has 0 spiro atoms. The van der Waals surface area contributed by atoms with Gasteiger partial charge in [-0.3, -0.25) is 9.48 Å². The van der Waals surface area contributed by atoms with Gasteiger partial charge in [-0.2, -0.15) is 5.10 Å². The molecule has 0 unspecified atom stereocenters. The van der Waals surface area contributed by atoms with Crippen molar-refractivity contribution in [2.75, 3.05) is 26.8 Å². The van der Waals surface area contributed by atoms with Crippen LogP contribution in [-0.4, -0.2) is 47.4 Å². The Morgan fingerprint density at radius 2 is 2.32 bits per heavy atom. The monoisotopic (exact) mass is 266 g/mol. The number of carbonyl (C=O) groups is 1. The smallest absolute Gasteiger partial charge is 0.223 e. The molecule has 6 heteroatoms. The maximum Gasteiger partial charge on any atom is 0.223 e. The molecule has 1 saturated heterocycles. The lowest BCUT2D eigenvalue weighted by Gasteiger charge is -2.27. The lowest BCUT2D eigenvalue weighted by atomic mass is 9.94. The topological polar surface area (TPSA) is 73.4 Å². The van der Waals surface area contributed by atoms with Gasteiger partial charge in [0.05, 0.1) is 18.8 Å². The third-order valence-corrected chi connectivity index (χ3v) is 3.97. The van der Waals surface area contributed by atoms with Gasteiger partial charge in [-0.25, -0.2) is 0 Å². The summed E-state index contributed by atoms with van der Waals surface area (Å²) in [5, 5.41) is 4.28. The SMILES string of the molecule is COCCN1C(=O)C[C@H](CN)[C@@H]1c1cnn(C)c1C. The van der Waals surface area contributed by atoms with E-state index in [-0.39, 0.29) is 17.9 Å². The van der Waals surface area contributed by atoms with Gasteiger partial charge in [-0.1, -0.05) is 0 Å². The van der Waals surface area contributed by atoms with Gasteiger partial charge in [0.2, 0.25) is 5.91 Å². The zero-order valence-electron chi connectivity index (χ0n) is 11.8. The second-order valence-corrected chi connectivity index (χ2v) is 5.03. The highest BCUT2D eigenvalue weighted by Gasteiger charge is 2.40. The second-order valence-electron chi connectivity index (χ2n) is 5.03. The van der Waals surface area contributed by atoms with E-state index in [1.165, 1.54) is 0 Å². The third kappa shape index (κ3) is 2.50. The van der Waals surface area contributed by atoms with Crippen LogP contribution in [0.5, 0.6) is 0 Å². The number of nitrogens with two attached hydrogens (primary N) is 1. The first-order valence-electron chi connectivity index (χ1n) is 6.57. The summed E-state index contributed by atoms with van der Waals surface area (Å²) in [5.74, 6) is 0.313. The predicted octanol–water partition coefficient (Wildman–Crippen LogP) is 0.223. The number of aryl methyl sites for hydroxylation is 1. The molecule has 1 aliphatic heterocycles. The van der Waals surface area contributed by atoms with Gasteiger partial charge in [0.25, 0.3) is 0 Å². The molecule has 0 bridgehead atoms. The van der Waals surface area contributed by atoms with Crippen LogP contribution in [0, 0.1) is 12.8 Å². The first-order valence-corrected chi connectivity index (χ1v) is 6.57. The summed E-state index contributed by atoms with van der Waals surface area (Å²) < 4.78 is 6.93. The minimum absolute atomic E-state index is 0.0290. The predicted molar refractivity (Wildman–Crippen MR) is 71.4 cm³/mol. The van der Waals surface area contributed by atoms with Crippen molar-refractivity contribution in [3.63, 3.8) is 0 Å². The van der Waals surface area contributed by atoms with E-state index in [1.807, 2.05) is 29.7 Å². The fraction of sp³-hybridized carbons (Fsp3) is 0.692. The second kappa shape index (κ2) is 5.71. The van der Waals surface area contributed by atoms with E-state index in [1.54, 1.807) is 7.11 Å². The summed E-state index contributed by atoms with van der Waals surface area (Å²) in [6.07, 6.45) is 2.36. The zero-order valence-corrected chi connectivity index (χ0v) is 11.8. The highest BCUT2D eigenvalue weighted by Crippen LogP contribution is 2.38. The van der Waals surface area contributed by atoms with Gasteiger partial charge >= 0.3 is 0 Å². The number of amides is 1. The lowest BCUT2D eigenvalue weighted by Crippen LogP contribution is -2.33. The van der Waals surface area contributed by atoms with Gasteiger partial charge in [0, 0.05) is 44.3 Å². The van der Waals surface area contributed by atoms with E-state index < -0.39 is 0 Å². The van der Waals surface area contributed by atoms with Crippen molar-refractivity contribution in [1.29, 1.82) is 0 Å². The van der Waals surface area contributed by atoms with Gasteiger partial charge in [-0.15, -0.1) is 0 Å². The fourth-order valence-corrected chi connectivity index (χ4v) is 2.76. The lowest BCUT2D eigenvalue weighted by molar-refractivity contribution is -0.129. The number of rotatable bonds is 5. The molecule has 1 aliphatic rings. The van der Waals surface area contributed by atoms with E-state index in [2.05, 4.69) is 5.10 Å². The summed E-state index contributed by atoms with van der Waals surface area (Å²) in [6.45, 7) is 3.67. The van der Waals surface area contributed by atoms with E-state index in [0.29, 0.717) is 26.1 Å². The molecule has 0 aliphatic carbocycles. The molecule has 0 saturated carbocycles. The van der Waals surface area contributed by atoms with Gasteiger partial charge in [0.15, 0.2) is 0 Å². The largest absolute Gasteiger partial charge is 0.383 e. The Labute approximate surface area is 113 Å². The quantitative estimate of drug-likeness (QED) is 0.827. The van der Waals surface area contributed by atoms with Gasteiger partial charge in [0.1, 0.15) is 0 Å². The molecule has 2 heterocycles. The van der Waals surface area contributed by atoms with Crippen LogP contribution >= 0.6 is 0 Å². The minimum atomic E-state index is 0.0290. The Morgan fingerprint density at radius 3 is 2.84 bits per heavy atom. The van der Waals surface area contributed by atoms with Crippen LogP contribution in [0.4, 0.5) is 0 Å². The van der Waals surface area contributed by atoms with Crippen molar-refractivity contribution in [3.05, 3.63) is 17.5 Å². The van der Waals surface area contributed by atoms with Crippen LogP contribution in [-0.2, 0) is 16.6 Å². The molecule has 2 rings (SSSR count). The van der Waals surface area contributed by atoms with E-state index >= 15 is 0 Å². The molecular weight excluding hydrogens is 244 g/mol. The first-order chi connectivity index (χ1) is 9.10. The Hall–Kier alpha value is -1.40. The average Bonchev–Trinajstić information content (AvgIpc) is 2.88. The van der Waals surface area contributed by atoms with E-state index in [4.69, 9.17) is 10.5 Å². The van der Waals surface area contributed by atoms with Gasteiger partial charge in [-0.05, 0) is 13.5 Å². The number of methoxy groups -OCH3 is 1. The third-order valence-electron chi connectivity index (χ3n) is 3.97. The molecule has 0 aromatic carbocycles. The number of hydrogen-bond donors (Lipinski definition) is 1. The number of aromatic nitrogens is 2. The summed E-state index contributed by atoms with van der Waals surface area (Å²) in [6, 6.07) is 0.0290. The minimum Gasteiger partial charge on any atom is -0.383 e. The first kappa shape index (κ1) is 14.0. The van der Waals surface area contributed by atoms with Crippen LogP contribution in [0.25, 0.3) is 0 Å². The molecule has 1 aromatic heterocycles. The van der Waals surface area contributed by atoms with Crippen LogP contribution in [0.3, 0.4) is 0 Å². The molecule has 19 heavy (non-hydrogen) atoms. The number of hydrogen-bond acceptors (Lipinski definition) is 4. The van der Waals surface area contributed by atoms with Crippen molar-refractivity contribution < 1.29 is 9.53 Å². The van der Waals surface area contributed by atoms with Crippen molar-refractivity contribution in [2.45, 2.75) is 19.4 Å². The molecule has 2 atom stereocenters. The Morgan fingerprint density at radius 1 is 1.58 bits per heavy atom. The van der Waals surface area contributed by atoms with Crippen molar-refractivity contribution in [1.82, 2.24) is 14.7 Å². The van der Waals surface area contributed by atoms with Crippen LogP contribution < -0.4 is 5.73 Å². The molecule has 1 fully saturated rings. The van der Waals surface area contributed by atoms with Crippen molar-refractivity contribution in [2.24, 2.45) is 18.7 Å². The molecular formula is C13H22N4O2. The summed E-state index contributed by atoms with van der Waals surface area (Å²) in [4.78, 5) is 14.0. The standard InChI is InChI=1S/C13H22N4O2/c1-9-11(8-15-16(9)2)13-10(7-14)6-12(18)17(13)4-5-19-3/h8,10,13H,4-7,14H2,1-3H3/t10-,13-/m1/s1. The van der Waals surface area contributed by atoms with Gasteiger partial charge < -0.3 is 15.4 Å². The Kier molecular flexibility index (Phi) is 4.21. The molecule has 2 N–H and O–H groups in total. The molecule has 6 nitrogen and oxygen atoms in total. The van der Waals surface area contributed by atoms with Crippen molar-refractivity contribution >= 4 is 5.91 Å². The summed E-state index contributed by atoms with van der Waals surface area (Å²) in [7, 11) is 3.55. The maximum absolute atomic E-state index is 12.1.